The third-order valence-electron chi connectivity index (χ3n) is 4.13. The van der Waals surface area contributed by atoms with Crippen LogP contribution in [0.4, 0.5) is 10.1 Å². The summed E-state index contributed by atoms with van der Waals surface area (Å²) in [5.41, 5.74) is 1.79. The summed E-state index contributed by atoms with van der Waals surface area (Å²) in [7, 11) is 0. The molecular formula is C16H25FN2. The van der Waals surface area contributed by atoms with Crippen LogP contribution in [0.15, 0.2) is 18.2 Å². The first-order valence-corrected chi connectivity index (χ1v) is 7.44. The number of rotatable bonds is 5. The molecular weight excluding hydrogens is 239 g/mol. The predicted octanol–water partition coefficient (Wildman–Crippen LogP) is 3.70. The number of benzene rings is 1. The summed E-state index contributed by atoms with van der Waals surface area (Å²) in [6.45, 7) is 8.09. The van der Waals surface area contributed by atoms with Crippen molar-refractivity contribution in [3.8, 4) is 0 Å². The van der Waals surface area contributed by atoms with Crippen LogP contribution in [0.25, 0.3) is 0 Å². The van der Waals surface area contributed by atoms with Gasteiger partial charge in [-0.25, -0.2) is 4.39 Å². The maximum atomic E-state index is 14.3. The monoisotopic (exact) mass is 264 g/mol. The van der Waals surface area contributed by atoms with E-state index in [-0.39, 0.29) is 5.82 Å². The molecule has 1 fully saturated rings. The highest BCUT2D eigenvalue weighted by molar-refractivity contribution is 5.52. The summed E-state index contributed by atoms with van der Waals surface area (Å²) >= 11 is 0. The Kier molecular flexibility index (Phi) is 4.81. The van der Waals surface area contributed by atoms with E-state index in [1.54, 1.807) is 6.07 Å². The maximum absolute atomic E-state index is 14.3. The molecule has 1 saturated heterocycles. The molecule has 2 rings (SSSR count). The molecule has 19 heavy (non-hydrogen) atoms. The largest absolute Gasteiger partial charge is 0.363 e. The number of halogens is 1. The van der Waals surface area contributed by atoms with Crippen LogP contribution in [0.3, 0.4) is 0 Å². The van der Waals surface area contributed by atoms with Gasteiger partial charge in [-0.15, -0.1) is 0 Å². The minimum absolute atomic E-state index is 0.0809. The molecule has 1 N–H and O–H groups in total. The fraction of sp³-hybridized carbons (Fsp3) is 0.625. The first kappa shape index (κ1) is 14.3. The maximum Gasteiger partial charge on any atom is 0.146 e. The van der Waals surface area contributed by atoms with Gasteiger partial charge < -0.3 is 10.2 Å². The van der Waals surface area contributed by atoms with E-state index in [4.69, 9.17) is 0 Å². The van der Waals surface area contributed by atoms with Crippen LogP contribution in [0.5, 0.6) is 0 Å². The van der Waals surface area contributed by atoms with Crippen LogP contribution in [-0.4, -0.2) is 18.6 Å². The lowest BCUT2D eigenvalue weighted by molar-refractivity contribution is 0.579. The van der Waals surface area contributed by atoms with Crippen LogP contribution in [0.2, 0.25) is 0 Å². The van der Waals surface area contributed by atoms with E-state index < -0.39 is 0 Å². The summed E-state index contributed by atoms with van der Waals surface area (Å²) < 4.78 is 14.3. The Morgan fingerprint density at radius 1 is 1.32 bits per heavy atom. The molecule has 0 amide bonds. The van der Waals surface area contributed by atoms with E-state index in [1.165, 1.54) is 6.42 Å². The summed E-state index contributed by atoms with van der Waals surface area (Å²) in [4.78, 5) is 2.27. The SMILES string of the molecule is CCNCc1ccc(N2C(C)CCC2CC)c(F)c1. The van der Waals surface area contributed by atoms with Crippen LogP contribution >= 0.6 is 0 Å². The van der Waals surface area contributed by atoms with Gasteiger partial charge in [-0.3, -0.25) is 0 Å². The molecule has 1 aliphatic rings. The Morgan fingerprint density at radius 3 is 2.74 bits per heavy atom. The van der Waals surface area contributed by atoms with Crippen molar-refractivity contribution in [1.29, 1.82) is 0 Å². The van der Waals surface area contributed by atoms with E-state index >= 15 is 0 Å². The van der Waals surface area contributed by atoms with Crippen molar-refractivity contribution >= 4 is 5.69 Å². The zero-order valence-corrected chi connectivity index (χ0v) is 12.2. The van der Waals surface area contributed by atoms with Gasteiger partial charge >= 0.3 is 0 Å². The van der Waals surface area contributed by atoms with E-state index in [0.29, 0.717) is 12.1 Å². The van der Waals surface area contributed by atoms with Gasteiger partial charge in [0.15, 0.2) is 0 Å². The third-order valence-corrected chi connectivity index (χ3v) is 4.13. The molecule has 3 heteroatoms. The number of nitrogens with zero attached hydrogens (tertiary/aromatic N) is 1. The van der Waals surface area contributed by atoms with Crippen molar-refractivity contribution in [2.75, 3.05) is 11.4 Å². The highest BCUT2D eigenvalue weighted by Crippen LogP contribution is 2.33. The number of hydrogen-bond donors (Lipinski definition) is 1. The van der Waals surface area contributed by atoms with E-state index in [2.05, 4.69) is 31.0 Å². The summed E-state index contributed by atoms with van der Waals surface area (Å²) in [6.07, 6.45) is 3.43. The molecule has 0 radical (unpaired) electrons. The summed E-state index contributed by atoms with van der Waals surface area (Å²) in [5, 5.41) is 3.23. The Morgan fingerprint density at radius 2 is 2.11 bits per heavy atom. The molecule has 2 unspecified atom stereocenters. The van der Waals surface area contributed by atoms with Crippen LogP contribution in [0, 0.1) is 5.82 Å². The third kappa shape index (κ3) is 3.08. The molecule has 1 heterocycles. The van der Waals surface area contributed by atoms with E-state index in [9.17, 15) is 4.39 Å². The molecule has 0 saturated carbocycles. The number of hydrogen-bond acceptors (Lipinski definition) is 2. The van der Waals surface area contributed by atoms with Crippen molar-refractivity contribution in [2.24, 2.45) is 0 Å². The lowest BCUT2D eigenvalue weighted by Gasteiger charge is -2.30. The standard InChI is InChI=1S/C16H25FN2/c1-4-14-8-6-12(3)19(14)16-9-7-13(10-15(16)17)11-18-5-2/h7,9-10,12,14,18H,4-6,8,11H2,1-3H3. The number of anilines is 1. The van der Waals surface area contributed by atoms with Gasteiger partial charge in [0, 0.05) is 18.6 Å². The molecule has 0 aliphatic carbocycles. The zero-order valence-electron chi connectivity index (χ0n) is 12.2. The zero-order chi connectivity index (χ0) is 13.8. The fourth-order valence-electron chi connectivity index (χ4n) is 3.05. The minimum atomic E-state index is -0.0809. The molecule has 1 aromatic carbocycles. The van der Waals surface area contributed by atoms with Crippen molar-refractivity contribution in [3.05, 3.63) is 29.6 Å². The molecule has 1 aliphatic heterocycles. The first-order chi connectivity index (χ1) is 9.17. The van der Waals surface area contributed by atoms with Gasteiger partial charge in [0.25, 0.3) is 0 Å². The topological polar surface area (TPSA) is 15.3 Å². The van der Waals surface area contributed by atoms with Gasteiger partial charge in [0.1, 0.15) is 5.82 Å². The first-order valence-electron chi connectivity index (χ1n) is 7.44. The lowest BCUT2D eigenvalue weighted by atomic mass is 10.1. The second-order valence-electron chi connectivity index (χ2n) is 5.46. The molecule has 1 aromatic rings. The van der Waals surface area contributed by atoms with Gasteiger partial charge in [0.05, 0.1) is 5.69 Å². The lowest BCUT2D eigenvalue weighted by Crippen LogP contribution is -2.34. The fourth-order valence-corrected chi connectivity index (χ4v) is 3.05. The number of nitrogens with one attached hydrogen (secondary N) is 1. The second kappa shape index (κ2) is 6.38. The molecule has 0 spiro atoms. The predicted molar refractivity (Wildman–Crippen MR) is 79.0 cm³/mol. The Bertz CT molecular complexity index is 419. The Labute approximate surface area is 116 Å². The van der Waals surface area contributed by atoms with Gasteiger partial charge in [-0.1, -0.05) is 19.9 Å². The molecule has 0 aromatic heterocycles. The molecule has 2 atom stereocenters. The minimum Gasteiger partial charge on any atom is -0.363 e. The van der Waals surface area contributed by atoms with Gasteiger partial charge in [-0.05, 0) is 50.4 Å². The van der Waals surface area contributed by atoms with Crippen LogP contribution < -0.4 is 10.2 Å². The van der Waals surface area contributed by atoms with Crippen molar-refractivity contribution in [1.82, 2.24) is 5.32 Å². The average molecular weight is 264 g/mol. The highest BCUT2D eigenvalue weighted by Gasteiger charge is 2.30. The average Bonchev–Trinajstić information content (AvgIpc) is 2.78. The summed E-state index contributed by atoms with van der Waals surface area (Å²) in [6, 6.07) is 6.60. The molecule has 2 nitrogen and oxygen atoms in total. The van der Waals surface area contributed by atoms with Crippen LogP contribution in [0.1, 0.15) is 45.6 Å². The normalized spacial score (nSPS) is 23.1. The second-order valence-corrected chi connectivity index (χ2v) is 5.46. The van der Waals surface area contributed by atoms with E-state index in [1.807, 2.05) is 12.1 Å². The smallest absolute Gasteiger partial charge is 0.146 e. The molecule has 106 valence electrons. The van der Waals surface area contributed by atoms with Crippen molar-refractivity contribution < 1.29 is 4.39 Å². The van der Waals surface area contributed by atoms with Crippen molar-refractivity contribution in [3.63, 3.8) is 0 Å². The van der Waals surface area contributed by atoms with Gasteiger partial charge in [0.2, 0.25) is 0 Å². The molecule has 0 bridgehead atoms. The Hall–Kier alpha value is -1.09. The van der Waals surface area contributed by atoms with Gasteiger partial charge in [-0.2, -0.15) is 0 Å². The van der Waals surface area contributed by atoms with Crippen LogP contribution in [-0.2, 0) is 6.54 Å². The Balaban J connectivity index is 2.20. The van der Waals surface area contributed by atoms with Crippen molar-refractivity contribution in [2.45, 2.75) is 58.7 Å². The highest BCUT2D eigenvalue weighted by atomic mass is 19.1. The summed E-state index contributed by atoms with van der Waals surface area (Å²) in [5.74, 6) is -0.0809. The quantitative estimate of drug-likeness (QED) is 0.872. The van der Waals surface area contributed by atoms with E-state index in [0.717, 1.165) is 37.2 Å².